The van der Waals surface area contributed by atoms with E-state index in [-0.39, 0.29) is 0 Å². The molecule has 25 heavy (non-hydrogen) atoms. The third kappa shape index (κ3) is 3.77. The number of likely N-dealkylation sites (tertiary alicyclic amines) is 1. The van der Waals surface area contributed by atoms with Crippen molar-refractivity contribution in [1.29, 1.82) is 0 Å². The summed E-state index contributed by atoms with van der Waals surface area (Å²) in [5.74, 6) is 0.944. The van der Waals surface area contributed by atoms with Crippen LogP contribution in [0.25, 0.3) is 10.6 Å². The number of aliphatic imine (C=N–C) groups is 1. The van der Waals surface area contributed by atoms with Crippen LogP contribution in [0, 0.1) is 0 Å². The zero-order chi connectivity index (χ0) is 17.1. The number of hydrogen-bond acceptors (Lipinski definition) is 5. The highest BCUT2D eigenvalue weighted by molar-refractivity contribution is 7.16. The lowest BCUT2D eigenvalue weighted by Crippen LogP contribution is -2.28. The first-order valence-electron chi connectivity index (χ1n) is 9.27. The van der Waals surface area contributed by atoms with Crippen LogP contribution in [0.4, 0.5) is 0 Å². The van der Waals surface area contributed by atoms with Gasteiger partial charge in [-0.1, -0.05) is 12.1 Å². The second-order valence-corrected chi connectivity index (χ2v) is 7.87. The molecule has 2 aromatic rings. The topological polar surface area (TPSA) is 37.7 Å². The minimum Gasteiger partial charge on any atom is -0.493 e. The molecule has 2 aliphatic heterocycles. The predicted octanol–water partition coefficient (Wildman–Crippen LogP) is 4.04. The molecule has 2 aliphatic rings. The largest absolute Gasteiger partial charge is 0.493 e. The molecule has 0 N–H and O–H groups in total. The Hall–Kier alpha value is -1.72. The van der Waals surface area contributed by atoms with Crippen molar-refractivity contribution in [2.75, 3.05) is 26.2 Å². The Morgan fingerprint density at radius 2 is 2.24 bits per heavy atom. The zero-order valence-corrected chi connectivity index (χ0v) is 15.6. The fourth-order valence-corrected chi connectivity index (χ4v) is 4.66. The van der Waals surface area contributed by atoms with Crippen LogP contribution in [0.5, 0.6) is 5.75 Å². The standard InChI is InChI=1S/C20H25N3OS/c1-15-6-4-11-23(15)12-5-13-24-18-8-3-2-7-16(18)20-22-17-9-10-21-14-19(17)25-20/h2-3,7-8,14-15H,4-6,9-13H2,1H3. The molecule has 0 spiro atoms. The number of fused-ring (bicyclic) bond motifs is 1. The zero-order valence-electron chi connectivity index (χ0n) is 14.8. The Balaban J connectivity index is 1.41. The molecular weight excluding hydrogens is 330 g/mol. The molecule has 1 saturated heterocycles. The van der Waals surface area contributed by atoms with E-state index in [1.807, 2.05) is 12.3 Å². The number of benzene rings is 1. The second-order valence-electron chi connectivity index (χ2n) is 6.84. The highest BCUT2D eigenvalue weighted by Gasteiger charge is 2.19. The van der Waals surface area contributed by atoms with Gasteiger partial charge >= 0.3 is 0 Å². The van der Waals surface area contributed by atoms with Gasteiger partial charge in [-0.15, -0.1) is 11.3 Å². The smallest absolute Gasteiger partial charge is 0.129 e. The van der Waals surface area contributed by atoms with Crippen molar-refractivity contribution in [3.05, 3.63) is 34.8 Å². The fraction of sp³-hybridized carbons (Fsp3) is 0.500. The van der Waals surface area contributed by atoms with Crippen molar-refractivity contribution < 1.29 is 4.74 Å². The van der Waals surface area contributed by atoms with E-state index >= 15 is 0 Å². The van der Waals surface area contributed by atoms with Gasteiger partial charge in [0.15, 0.2) is 0 Å². The monoisotopic (exact) mass is 355 g/mol. The lowest BCUT2D eigenvalue weighted by atomic mass is 10.2. The van der Waals surface area contributed by atoms with E-state index in [0.29, 0.717) is 0 Å². The molecule has 0 aliphatic carbocycles. The Morgan fingerprint density at radius 3 is 3.08 bits per heavy atom. The van der Waals surface area contributed by atoms with E-state index in [9.17, 15) is 0 Å². The molecule has 0 bridgehead atoms. The average Bonchev–Trinajstić information content (AvgIpc) is 3.25. The molecule has 132 valence electrons. The van der Waals surface area contributed by atoms with E-state index in [0.717, 1.165) is 54.9 Å². The van der Waals surface area contributed by atoms with Gasteiger partial charge < -0.3 is 9.64 Å². The predicted molar refractivity (Wildman–Crippen MR) is 104 cm³/mol. The van der Waals surface area contributed by atoms with Crippen molar-refractivity contribution in [1.82, 2.24) is 9.88 Å². The summed E-state index contributed by atoms with van der Waals surface area (Å²) in [6.07, 6.45) is 6.64. The highest BCUT2D eigenvalue weighted by Crippen LogP contribution is 2.35. The minimum absolute atomic E-state index is 0.732. The first-order chi connectivity index (χ1) is 12.3. The van der Waals surface area contributed by atoms with Gasteiger partial charge in [0.25, 0.3) is 0 Å². The van der Waals surface area contributed by atoms with Gasteiger partial charge in [-0.2, -0.15) is 0 Å². The van der Waals surface area contributed by atoms with Crippen LogP contribution in [0.3, 0.4) is 0 Å². The van der Waals surface area contributed by atoms with Crippen molar-refractivity contribution in [2.45, 2.75) is 38.6 Å². The molecule has 1 aromatic carbocycles. The van der Waals surface area contributed by atoms with E-state index in [4.69, 9.17) is 9.72 Å². The van der Waals surface area contributed by atoms with E-state index in [2.05, 4.69) is 35.0 Å². The summed E-state index contributed by atoms with van der Waals surface area (Å²) in [5.41, 5.74) is 2.28. The van der Waals surface area contributed by atoms with Crippen molar-refractivity contribution >= 4 is 17.6 Å². The van der Waals surface area contributed by atoms with Crippen LogP contribution in [-0.2, 0) is 6.42 Å². The quantitative estimate of drug-likeness (QED) is 0.734. The first kappa shape index (κ1) is 16.7. The summed E-state index contributed by atoms with van der Waals surface area (Å²) >= 11 is 1.71. The molecule has 3 heterocycles. The molecule has 0 saturated carbocycles. The fourth-order valence-electron chi connectivity index (χ4n) is 3.62. The van der Waals surface area contributed by atoms with Crippen LogP contribution in [0.2, 0.25) is 0 Å². The Kier molecular flexibility index (Phi) is 5.13. The summed E-state index contributed by atoms with van der Waals surface area (Å²) in [5, 5.41) is 1.04. The molecule has 4 nitrogen and oxygen atoms in total. The van der Waals surface area contributed by atoms with Crippen LogP contribution < -0.4 is 4.74 Å². The van der Waals surface area contributed by atoms with Crippen LogP contribution in [-0.4, -0.2) is 48.4 Å². The van der Waals surface area contributed by atoms with E-state index < -0.39 is 0 Å². The van der Waals surface area contributed by atoms with Crippen LogP contribution in [0.15, 0.2) is 29.3 Å². The lowest BCUT2D eigenvalue weighted by Gasteiger charge is -2.20. The van der Waals surface area contributed by atoms with Gasteiger partial charge in [-0.3, -0.25) is 4.99 Å². The molecule has 0 radical (unpaired) electrons. The summed E-state index contributed by atoms with van der Waals surface area (Å²) in [6, 6.07) is 9.00. The number of thiazole rings is 1. The average molecular weight is 356 g/mol. The third-order valence-electron chi connectivity index (χ3n) is 5.07. The maximum atomic E-state index is 6.13. The maximum absolute atomic E-state index is 6.13. The molecule has 1 atom stereocenters. The van der Waals surface area contributed by atoms with Gasteiger partial charge in [0.1, 0.15) is 10.8 Å². The number of nitrogens with zero attached hydrogens (tertiary/aromatic N) is 3. The SMILES string of the molecule is CC1CCCN1CCCOc1ccccc1-c1nc2c(s1)C=NCC2. The van der Waals surface area contributed by atoms with Gasteiger partial charge in [0, 0.05) is 31.8 Å². The van der Waals surface area contributed by atoms with Gasteiger partial charge in [0.05, 0.1) is 22.7 Å². The van der Waals surface area contributed by atoms with E-state index in [1.165, 1.54) is 30.0 Å². The van der Waals surface area contributed by atoms with Gasteiger partial charge in [-0.25, -0.2) is 4.98 Å². The summed E-state index contributed by atoms with van der Waals surface area (Å²) < 4.78 is 6.13. The first-order valence-corrected chi connectivity index (χ1v) is 10.1. The molecule has 1 aromatic heterocycles. The Labute approximate surface area is 153 Å². The number of ether oxygens (including phenoxy) is 1. The van der Waals surface area contributed by atoms with Crippen molar-refractivity contribution in [3.8, 4) is 16.3 Å². The summed E-state index contributed by atoms with van der Waals surface area (Å²) in [4.78, 5) is 13.0. The molecule has 1 unspecified atom stereocenters. The normalized spacial score (nSPS) is 20.0. The van der Waals surface area contributed by atoms with Crippen molar-refractivity contribution in [2.24, 2.45) is 4.99 Å². The van der Waals surface area contributed by atoms with Gasteiger partial charge in [-0.05, 0) is 44.9 Å². The number of aromatic nitrogens is 1. The molecule has 4 rings (SSSR count). The minimum atomic E-state index is 0.732. The number of hydrogen-bond donors (Lipinski definition) is 0. The Morgan fingerprint density at radius 1 is 1.32 bits per heavy atom. The number of para-hydroxylation sites is 1. The van der Waals surface area contributed by atoms with E-state index in [1.54, 1.807) is 11.3 Å². The van der Waals surface area contributed by atoms with Crippen LogP contribution in [0.1, 0.15) is 36.8 Å². The number of rotatable bonds is 6. The van der Waals surface area contributed by atoms with Crippen molar-refractivity contribution in [3.63, 3.8) is 0 Å². The second kappa shape index (κ2) is 7.67. The molecular formula is C20H25N3OS. The maximum Gasteiger partial charge on any atom is 0.129 e. The van der Waals surface area contributed by atoms with Gasteiger partial charge in [0.2, 0.25) is 0 Å². The summed E-state index contributed by atoms with van der Waals surface area (Å²) in [7, 11) is 0. The summed E-state index contributed by atoms with van der Waals surface area (Å²) in [6.45, 7) is 6.31. The molecule has 5 heteroatoms. The highest BCUT2D eigenvalue weighted by atomic mass is 32.1. The Bertz CT molecular complexity index is 755. The molecule has 1 fully saturated rings. The van der Waals surface area contributed by atoms with Crippen LogP contribution >= 0.6 is 11.3 Å². The third-order valence-corrected chi connectivity index (χ3v) is 6.13. The molecule has 0 amide bonds. The lowest BCUT2D eigenvalue weighted by molar-refractivity contribution is 0.230.